The molecule has 0 aliphatic rings. The zero-order valence-corrected chi connectivity index (χ0v) is 13.9. The average Bonchev–Trinajstić information content (AvgIpc) is 2.47. The summed E-state index contributed by atoms with van der Waals surface area (Å²) in [5.41, 5.74) is 2.71. The average molecular weight is 290 g/mol. The molecule has 1 aromatic rings. The van der Waals surface area contributed by atoms with Crippen molar-refractivity contribution in [3.63, 3.8) is 0 Å². The first kappa shape index (κ1) is 17.7. The van der Waals surface area contributed by atoms with E-state index in [0.29, 0.717) is 5.78 Å². The van der Waals surface area contributed by atoms with Crippen molar-refractivity contribution < 1.29 is 9.53 Å². The van der Waals surface area contributed by atoms with Crippen LogP contribution in [0.1, 0.15) is 69.9 Å². The van der Waals surface area contributed by atoms with Crippen LogP contribution >= 0.6 is 0 Å². The van der Waals surface area contributed by atoms with Gasteiger partial charge in [-0.15, -0.1) is 0 Å². The highest BCUT2D eigenvalue weighted by molar-refractivity contribution is 5.78. The third-order valence-electron chi connectivity index (χ3n) is 3.72. The lowest BCUT2D eigenvalue weighted by atomic mass is 10.0. The number of Topliss-reactive ketones (excluding diaryl/α,β-unsaturated/α-hetero) is 1. The Morgan fingerprint density at radius 2 is 1.86 bits per heavy atom. The number of ketones is 1. The lowest BCUT2D eigenvalue weighted by Crippen LogP contribution is -1.98. The number of benzene rings is 1. The number of ether oxygens (including phenoxy) is 1. The van der Waals surface area contributed by atoms with Crippen molar-refractivity contribution in [1.29, 1.82) is 0 Å². The Bertz CT molecular complexity index is 424. The highest BCUT2D eigenvalue weighted by Crippen LogP contribution is 2.20. The molecule has 1 aromatic carbocycles. The summed E-state index contributed by atoms with van der Waals surface area (Å²) in [7, 11) is 0. The summed E-state index contributed by atoms with van der Waals surface area (Å²) in [4.78, 5) is 11.5. The fraction of sp³-hybridized carbons (Fsp3) is 0.632. The smallest absolute Gasteiger partial charge is 0.132 e. The van der Waals surface area contributed by atoms with E-state index in [1.807, 2.05) is 0 Å². The molecule has 118 valence electrons. The van der Waals surface area contributed by atoms with Crippen LogP contribution in [0.4, 0.5) is 0 Å². The van der Waals surface area contributed by atoms with E-state index in [4.69, 9.17) is 4.74 Å². The van der Waals surface area contributed by atoms with Crippen LogP contribution in [-0.2, 0) is 11.2 Å². The van der Waals surface area contributed by atoms with Gasteiger partial charge in [-0.25, -0.2) is 0 Å². The molecule has 0 bridgehead atoms. The number of unbranched alkanes of at least 4 members (excludes halogenated alkanes) is 2. The molecule has 1 rings (SSSR count). The van der Waals surface area contributed by atoms with Gasteiger partial charge in [-0.05, 0) is 62.3 Å². The maximum absolute atomic E-state index is 11.5. The Kier molecular flexibility index (Phi) is 8.80. The summed E-state index contributed by atoms with van der Waals surface area (Å²) in [6.45, 7) is 7.12. The number of hydrogen-bond donors (Lipinski definition) is 0. The van der Waals surface area contributed by atoms with Crippen LogP contribution in [0.5, 0.6) is 5.75 Å². The van der Waals surface area contributed by atoms with Crippen molar-refractivity contribution in [2.24, 2.45) is 0 Å². The van der Waals surface area contributed by atoms with Gasteiger partial charge in [0.15, 0.2) is 0 Å². The lowest BCUT2D eigenvalue weighted by Gasteiger charge is -2.10. The van der Waals surface area contributed by atoms with Gasteiger partial charge in [0.1, 0.15) is 11.5 Å². The molecule has 0 aromatic heterocycles. The van der Waals surface area contributed by atoms with Crippen LogP contribution in [0.2, 0.25) is 0 Å². The van der Waals surface area contributed by atoms with Gasteiger partial charge in [0.25, 0.3) is 0 Å². The highest BCUT2D eigenvalue weighted by Gasteiger charge is 2.03. The van der Waals surface area contributed by atoms with Crippen LogP contribution in [-0.4, -0.2) is 12.4 Å². The quantitative estimate of drug-likeness (QED) is 0.520. The number of hydrogen-bond acceptors (Lipinski definition) is 2. The molecule has 0 amide bonds. The van der Waals surface area contributed by atoms with Gasteiger partial charge < -0.3 is 4.74 Å². The minimum atomic E-state index is 0.420. The summed E-state index contributed by atoms with van der Waals surface area (Å²) < 4.78 is 5.69. The summed E-state index contributed by atoms with van der Waals surface area (Å²) in [6, 6.07) is 6.37. The van der Waals surface area contributed by atoms with Gasteiger partial charge in [0.2, 0.25) is 0 Å². The van der Waals surface area contributed by atoms with Crippen molar-refractivity contribution in [2.75, 3.05) is 6.61 Å². The Morgan fingerprint density at radius 1 is 1.05 bits per heavy atom. The van der Waals surface area contributed by atoms with Gasteiger partial charge in [0.05, 0.1) is 6.61 Å². The van der Waals surface area contributed by atoms with Crippen molar-refractivity contribution >= 4 is 5.78 Å². The molecule has 0 saturated heterocycles. The molecule has 0 spiro atoms. The van der Waals surface area contributed by atoms with E-state index in [1.165, 1.54) is 11.1 Å². The van der Waals surface area contributed by atoms with Gasteiger partial charge >= 0.3 is 0 Å². The first-order chi connectivity index (χ1) is 10.2. The highest BCUT2D eigenvalue weighted by atomic mass is 16.5. The predicted molar refractivity (Wildman–Crippen MR) is 89.1 cm³/mol. The van der Waals surface area contributed by atoms with E-state index in [-0.39, 0.29) is 0 Å². The standard InChI is InChI=1S/C19H30O2/c1-4-9-18(20)11-8-6-7-10-17-15-19(21-14-5-2)13-12-16(17)3/h12-13,15H,4-11,14H2,1-3H3. The van der Waals surface area contributed by atoms with E-state index in [9.17, 15) is 4.79 Å². The maximum Gasteiger partial charge on any atom is 0.132 e. The SMILES string of the molecule is CCCOc1ccc(C)c(CCCCCC(=O)CCC)c1. The fourth-order valence-electron chi connectivity index (χ4n) is 2.45. The van der Waals surface area contributed by atoms with Crippen molar-refractivity contribution in [3.8, 4) is 5.75 Å². The van der Waals surface area contributed by atoms with Crippen LogP contribution in [0.15, 0.2) is 18.2 Å². The third-order valence-corrected chi connectivity index (χ3v) is 3.72. The zero-order chi connectivity index (χ0) is 15.5. The fourth-order valence-corrected chi connectivity index (χ4v) is 2.45. The second-order valence-electron chi connectivity index (χ2n) is 5.79. The molecule has 0 unspecified atom stereocenters. The van der Waals surface area contributed by atoms with E-state index >= 15 is 0 Å². The molecular weight excluding hydrogens is 260 g/mol. The van der Waals surface area contributed by atoms with Gasteiger partial charge in [-0.1, -0.05) is 26.3 Å². The summed E-state index contributed by atoms with van der Waals surface area (Å²) in [5.74, 6) is 1.40. The zero-order valence-electron chi connectivity index (χ0n) is 13.9. The normalized spacial score (nSPS) is 10.6. The predicted octanol–water partition coefficient (Wildman–Crippen LogP) is 5.26. The van der Waals surface area contributed by atoms with Crippen molar-refractivity contribution in [1.82, 2.24) is 0 Å². The second-order valence-corrected chi connectivity index (χ2v) is 5.79. The molecule has 0 aliphatic carbocycles. The molecule has 21 heavy (non-hydrogen) atoms. The van der Waals surface area contributed by atoms with Gasteiger partial charge in [0, 0.05) is 12.8 Å². The number of rotatable bonds is 11. The van der Waals surface area contributed by atoms with E-state index < -0.39 is 0 Å². The topological polar surface area (TPSA) is 26.3 Å². The van der Waals surface area contributed by atoms with Gasteiger partial charge in [-0.2, -0.15) is 0 Å². The third kappa shape index (κ3) is 7.31. The molecule has 0 heterocycles. The molecule has 2 nitrogen and oxygen atoms in total. The first-order valence-electron chi connectivity index (χ1n) is 8.41. The minimum Gasteiger partial charge on any atom is -0.494 e. The molecule has 0 saturated carbocycles. The molecule has 0 fully saturated rings. The van der Waals surface area contributed by atoms with Gasteiger partial charge in [-0.3, -0.25) is 4.79 Å². The largest absolute Gasteiger partial charge is 0.494 e. The number of aryl methyl sites for hydroxylation is 2. The van der Waals surface area contributed by atoms with E-state index in [2.05, 4.69) is 39.0 Å². The maximum atomic E-state index is 11.5. The van der Waals surface area contributed by atoms with Crippen molar-refractivity contribution in [3.05, 3.63) is 29.3 Å². The minimum absolute atomic E-state index is 0.420. The second kappa shape index (κ2) is 10.4. The molecule has 0 atom stereocenters. The van der Waals surface area contributed by atoms with Crippen LogP contribution < -0.4 is 4.74 Å². The summed E-state index contributed by atoms with van der Waals surface area (Å²) in [6.07, 6.45) is 7.91. The molecule has 0 aliphatic heterocycles. The Morgan fingerprint density at radius 3 is 2.57 bits per heavy atom. The molecule has 0 radical (unpaired) electrons. The van der Waals surface area contributed by atoms with Crippen LogP contribution in [0, 0.1) is 6.92 Å². The number of carbonyl (C=O) groups excluding carboxylic acids is 1. The Labute approximate surface area is 129 Å². The Balaban J connectivity index is 2.32. The molecular formula is C19H30O2. The van der Waals surface area contributed by atoms with Crippen LogP contribution in [0.25, 0.3) is 0 Å². The van der Waals surface area contributed by atoms with E-state index in [1.54, 1.807) is 0 Å². The molecule has 2 heteroatoms. The van der Waals surface area contributed by atoms with E-state index in [0.717, 1.165) is 63.7 Å². The molecule has 0 N–H and O–H groups in total. The summed E-state index contributed by atoms with van der Waals surface area (Å²) >= 11 is 0. The summed E-state index contributed by atoms with van der Waals surface area (Å²) in [5, 5.41) is 0. The monoisotopic (exact) mass is 290 g/mol. The lowest BCUT2D eigenvalue weighted by molar-refractivity contribution is -0.119. The first-order valence-corrected chi connectivity index (χ1v) is 8.41. The van der Waals surface area contributed by atoms with Crippen LogP contribution in [0.3, 0.4) is 0 Å². The van der Waals surface area contributed by atoms with Crippen molar-refractivity contribution in [2.45, 2.75) is 72.1 Å². The Hall–Kier alpha value is -1.31. The number of carbonyl (C=O) groups is 1.